The van der Waals surface area contributed by atoms with E-state index >= 15 is 0 Å². The summed E-state index contributed by atoms with van der Waals surface area (Å²) in [6, 6.07) is 15.2. The first-order valence-electron chi connectivity index (χ1n) is 7.11. The molecular weight excluding hydrogens is 218 g/mol. The van der Waals surface area contributed by atoms with Crippen molar-refractivity contribution < 1.29 is 0 Å². The molecule has 0 amide bonds. The van der Waals surface area contributed by atoms with Crippen LogP contribution in [0.15, 0.2) is 42.5 Å². The second-order valence-electron chi connectivity index (χ2n) is 5.40. The molecule has 0 atom stereocenters. The first-order chi connectivity index (χ1) is 8.93. The van der Waals surface area contributed by atoms with Crippen LogP contribution in [0.2, 0.25) is 0 Å². The number of hydrogen-bond donors (Lipinski definition) is 1. The molecule has 1 aliphatic rings. The van der Waals surface area contributed by atoms with Gasteiger partial charge in [-0.2, -0.15) is 0 Å². The minimum atomic E-state index is 0.992. The maximum atomic E-state index is 3.58. The number of nitrogens with one attached hydrogen (secondary N) is 1. The van der Waals surface area contributed by atoms with Gasteiger partial charge >= 0.3 is 0 Å². The molecule has 2 aromatic carbocycles. The zero-order valence-electron chi connectivity index (χ0n) is 10.9. The molecule has 0 bridgehead atoms. The van der Waals surface area contributed by atoms with Crippen LogP contribution in [0.3, 0.4) is 0 Å². The van der Waals surface area contributed by atoms with E-state index in [1.54, 1.807) is 0 Å². The van der Waals surface area contributed by atoms with Crippen molar-refractivity contribution in [2.24, 2.45) is 5.92 Å². The highest BCUT2D eigenvalue weighted by Gasteiger charge is 2.19. The summed E-state index contributed by atoms with van der Waals surface area (Å²) in [6.07, 6.45) is 5.70. The third-order valence-corrected chi connectivity index (χ3v) is 3.86. The van der Waals surface area contributed by atoms with Crippen LogP contribution in [0.5, 0.6) is 0 Å². The summed E-state index contributed by atoms with van der Waals surface area (Å²) in [7, 11) is 0. The molecule has 0 heterocycles. The Labute approximate surface area is 109 Å². The molecule has 94 valence electrons. The van der Waals surface area contributed by atoms with Crippen molar-refractivity contribution in [3.8, 4) is 0 Å². The third kappa shape index (κ3) is 2.91. The highest BCUT2D eigenvalue weighted by molar-refractivity contribution is 5.85. The van der Waals surface area contributed by atoms with E-state index in [0.717, 1.165) is 19.0 Å². The second kappa shape index (κ2) is 5.53. The fraction of sp³-hybridized carbons (Fsp3) is 0.412. The fourth-order valence-corrected chi connectivity index (χ4v) is 2.59. The van der Waals surface area contributed by atoms with Crippen molar-refractivity contribution in [3.63, 3.8) is 0 Å². The fourth-order valence-electron chi connectivity index (χ4n) is 2.59. The van der Waals surface area contributed by atoms with Gasteiger partial charge in [0.1, 0.15) is 0 Å². The van der Waals surface area contributed by atoms with E-state index in [1.807, 2.05) is 0 Å². The van der Waals surface area contributed by atoms with Gasteiger partial charge in [-0.3, -0.25) is 0 Å². The Hall–Kier alpha value is -1.34. The van der Waals surface area contributed by atoms with E-state index in [4.69, 9.17) is 0 Å². The van der Waals surface area contributed by atoms with Crippen molar-refractivity contribution in [2.45, 2.75) is 32.2 Å². The third-order valence-electron chi connectivity index (χ3n) is 3.86. The van der Waals surface area contributed by atoms with E-state index in [2.05, 4.69) is 47.8 Å². The molecule has 0 saturated heterocycles. The summed E-state index contributed by atoms with van der Waals surface area (Å²) in [4.78, 5) is 0. The van der Waals surface area contributed by atoms with Crippen LogP contribution < -0.4 is 5.32 Å². The average Bonchev–Trinajstić information content (AvgIpc) is 3.23. The van der Waals surface area contributed by atoms with Crippen LogP contribution in [-0.4, -0.2) is 6.54 Å². The molecular formula is C17H21N. The molecule has 0 aliphatic heterocycles. The molecule has 1 saturated carbocycles. The number of fused-ring (bicyclic) bond motifs is 1. The molecule has 2 aromatic rings. The predicted octanol–water partition coefficient (Wildman–Crippen LogP) is 4.12. The van der Waals surface area contributed by atoms with Crippen LogP contribution >= 0.6 is 0 Å². The molecule has 3 rings (SSSR count). The Morgan fingerprint density at radius 1 is 1.00 bits per heavy atom. The SMILES string of the molecule is c1ccc2c(CNCCCC3CC3)cccc2c1. The Bertz CT molecular complexity index is 509. The second-order valence-corrected chi connectivity index (χ2v) is 5.40. The van der Waals surface area contributed by atoms with Crippen LogP contribution in [0.4, 0.5) is 0 Å². The summed E-state index contributed by atoms with van der Waals surface area (Å²) in [5, 5.41) is 6.30. The highest BCUT2D eigenvalue weighted by Crippen LogP contribution is 2.33. The Balaban J connectivity index is 1.56. The minimum Gasteiger partial charge on any atom is -0.313 e. The summed E-state index contributed by atoms with van der Waals surface area (Å²) in [5.74, 6) is 1.06. The van der Waals surface area contributed by atoms with Gasteiger partial charge < -0.3 is 5.32 Å². The van der Waals surface area contributed by atoms with Crippen LogP contribution in [0, 0.1) is 5.92 Å². The Morgan fingerprint density at radius 2 is 1.83 bits per heavy atom. The first-order valence-corrected chi connectivity index (χ1v) is 7.11. The number of hydrogen-bond acceptors (Lipinski definition) is 1. The maximum absolute atomic E-state index is 3.58. The predicted molar refractivity (Wildman–Crippen MR) is 77.6 cm³/mol. The van der Waals surface area contributed by atoms with E-state index in [-0.39, 0.29) is 0 Å². The van der Waals surface area contributed by atoms with Gasteiger partial charge in [0.25, 0.3) is 0 Å². The Morgan fingerprint density at radius 3 is 2.72 bits per heavy atom. The number of benzene rings is 2. The van der Waals surface area contributed by atoms with Gasteiger partial charge in [-0.15, -0.1) is 0 Å². The molecule has 1 heteroatoms. The van der Waals surface area contributed by atoms with Gasteiger partial charge in [0.15, 0.2) is 0 Å². The Kier molecular flexibility index (Phi) is 3.61. The van der Waals surface area contributed by atoms with E-state index < -0.39 is 0 Å². The lowest BCUT2D eigenvalue weighted by Gasteiger charge is -2.08. The van der Waals surface area contributed by atoms with Gasteiger partial charge in [-0.1, -0.05) is 55.3 Å². The first kappa shape index (κ1) is 11.7. The van der Waals surface area contributed by atoms with E-state index in [1.165, 1.54) is 42.0 Å². The zero-order valence-corrected chi connectivity index (χ0v) is 10.9. The smallest absolute Gasteiger partial charge is 0.0211 e. The molecule has 18 heavy (non-hydrogen) atoms. The lowest BCUT2D eigenvalue weighted by Crippen LogP contribution is -2.15. The van der Waals surface area contributed by atoms with Crippen molar-refractivity contribution in [1.29, 1.82) is 0 Å². The molecule has 1 fully saturated rings. The van der Waals surface area contributed by atoms with Crippen molar-refractivity contribution in [3.05, 3.63) is 48.0 Å². The minimum absolute atomic E-state index is 0.992. The van der Waals surface area contributed by atoms with Crippen LogP contribution in [0.1, 0.15) is 31.2 Å². The highest BCUT2D eigenvalue weighted by atomic mass is 14.8. The van der Waals surface area contributed by atoms with Gasteiger partial charge in [0, 0.05) is 6.54 Å². The lowest BCUT2D eigenvalue weighted by atomic mass is 10.0. The lowest BCUT2D eigenvalue weighted by molar-refractivity contribution is 0.595. The van der Waals surface area contributed by atoms with Crippen molar-refractivity contribution in [1.82, 2.24) is 5.32 Å². The normalized spacial score (nSPS) is 15.1. The topological polar surface area (TPSA) is 12.0 Å². The van der Waals surface area contributed by atoms with Gasteiger partial charge in [-0.25, -0.2) is 0 Å². The average molecular weight is 239 g/mol. The summed E-state index contributed by atoms with van der Waals surface area (Å²) >= 11 is 0. The molecule has 0 unspecified atom stereocenters. The molecule has 1 N–H and O–H groups in total. The molecule has 1 aliphatic carbocycles. The van der Waals surface area contributed by atoms with Crippen LogP contribution in [-0.2, 0) is 6.54 Å². The molecule has 0 aromatic heterocycles. The van der Waals surface area contributed by atoms with Gasteiger partial charge in [0.2, 0.25) is 0 Å². The number of rotatable bonds is 6. The summed E-state index contributed by atoms with van der Waals surface area (Å²) in [5.41, 5.74) is 1.42. The molecule has 0 radical (unpaired) electrons. The van der Waals surface area contributed by atoms with E-state index in [0.29, 0.717) is 0 Å². The quantitative estimate of drug-likeness (QED) is 0.748. The van der Waals surface area contributed by atoms with Gasteiger partial charge in [0.05, 0.1) is 0 Å². The van der Waals surface area contributed by atoms with Gasteiger partial charge in [-0.05, 0) is 41.6 Å². The summed E-state index contributed by atoms with van der Waals surface area (Å²) in [6.45, 7) is 2.14. The van der Waals surface area contributed by atoms with E-state index in [9.17, 15) is 0 Å². The molecule has 1 nitrogen and oxygen atoms in total. The summed E-state index contributed by atoms with van der Waals surface area (Å²) < 4.78 is 0. The monoisotopic (exact) mass is 239 g/mol. The largest absolute Gasteiger partial charge is 0.313 e. The van der Waals surface area contributed by atoms with Crippen molar-refractivity contribution >= 4 is 10.8 Å². The maximum Gasteiger partial charge on any atom is 0.0211 e. The standard InChI is InChI=1S/C17H21N/c1-2-9-17-15(6-1)7-3-8-16(17)13-18-12-4-5-14-10-11-14/h1-3,6-9,14,18H,4-5,10-13H2. The van der Waals surface area contributed by atoms with Crippen LogP contribution in [0.25, 0.3) is 10.8 Å². The zero-order chi connectivity index (χ0) is 12.2. The molecule has 0 spiro atoms. The van der Waals surface area contributed by atoms with Crippen molar-refractivity contribution in [2.75, 3.05) is 6.54 Å².